The molecular formula is C9H13NO3. The second kappa shape index (κ2) is 4.20. The van der Waals surface area contributed by atoms with E-state index in [1.807, 2.05) is 0 Å². The van der Waals surface area contributed by atoms with Crippen LogP contribution in [0.2, 0.25) is 0 Å². The molecule has 72 valence electrons. The number of carbonyl (C=O) groups is 1. The summed E-state index contributed by atoms with van der Waals surface area (Å²) in [6.45, 7) is 0. The zero-order chi connectivity index (χ0) is 13.4. The van der Waals surface area contributed by atoms with E-state index in [1.165, 1.54) is 0 Å². The third kappa shape index (κ3) is 3.01. The molecule has 2 unspecified atom stereocenters. The van der Waals surface area contributed by atoms with Gasteiger partial charge in [-0.25, -0.2) is 0 Å². The lowest BCUT2D eigenvalue weighted by molar-refractivity contribution is -0.138. The SMILES string of the molecule is [2H]C1=CC([2H])(O)C([2H])C([2H])=C1C[C@H](N)C(=O)O. The van der Waals surface area contributed by atoms with E-state index in [4.69, 9.17) is 16.3 Å². The summed E-state index contributed by atoms with van der Waals surface area (Å²) in [4.78, 5) is 10.6. The Hall–Kier alpha value is -1.13. The molecule has 4 N–H and O–H groups in total. The van der Waals surface area contributed by atoms with Crippen LogP contribution in [0, 0.1) is 0 Å². The van der Waals surface area contributed by atoms with Crippen LogP contribution in [-0.2, 0) is 4.79 Å². The monoisotopic (exact) mass is 187 g/mol. The Balaban J connectivity index is 3.04. The minimum Gasteiger partial charge on any atom is -0.480 e. The van der Waals surface area contributed by atoms with Crippen LogP contribution in [0.4, 0.5) is 0 Å². The van der Waals surface area contributed by atoms with E-state index < -0.39 is 30.5 Å². The number of hydrogen-bond acceptors (Lipinski definition) is 3. The van der Waals surface area contributed by atoms with Gasteiger partial charge in [0.25, 0.3) is 0 Å². The van der Waals surface area contributed by atoms with Crippen molar-refractivity contribution in [3.63, 3.8) is 0 Å². The Morgan fingerprint density at radius 2 is 2.77 bits per heavy atom. The quantitative estimate of drug-likeness (QED) is 0.582. The van der Waals surface area contributed by atoms with Gasteiger partial charge in [0.2, 0.25) is 0 Å². The van der Waals surface area contributed by atoms with Crippen LogP contribution in [0.3, 0.4) is 0 Å². The maximum atomic E-state index is 10.6. The molecule has 0 heterocycles. The van der Waals surface area contributed by atoms with E-state index in [1.54, 1.807) is 0 Å². The standard InChI is InChI=1S/C9H13NO3/c10-8(9(12)13)5-6-1-3-7(11)4-2-6/h1-3,7-8,11H,4-5,10H2,(H,12,13)/t7?,8-/m0/s1/i1D,2D,4D,7D/t4?,7?,8-. The number of hydrogen-bond donors (Lipinski definition) is 3. The van der Waals surface area contributed by atoms with Gasteiger partial charge in [-0.3, -0.25) is 4.79 Å². The van der Waals surface area contributed by atoms with Gasteiger partial charge in [-0.2, -0.15) is 0 Å². The first-order chi connectivity index (χ1) is 7.66. The molecule has 0 fully saturated rings. The van der Waals surface area contributed by atoms with Crippen molar-refractivity contribution in [3.05, 3.63) is 23.8 Å². The van der Waals surface area contributed by atoms with Crippen molar-refractivity contribution in [2.24, 2.45) is 5.73 Å². The highest BCUT2D eigenvalue weighted by Crippen LogP contribution is 2.14. The maximum absolute atomic E-state index is 10.6. The minimum absolute atomic E-state index is 0.0168. The van der Waals surface area contributed by atoms with Crippen LogP contribution < -0.4 is 5.73 Å². The highest BCUT2D eigenvalue weighted by molar-refractivity contribution is 5.73. The first-order valence-corrected chi connectivity index (χ1v) is 3.69. The van der Waals surface area contributed by atoms with E-state index >= 15 is 0 Å². The van der Waals surface area contributed by atoms with Crippen molar-refractivity contribution >= 4 is 5.97 Å². The molecule has 0 aliphatic heterocycles. The van der Waals surface area contributed by atoms with Crippen LogP contribution in [-0.4, -0.2) is 28.3 Å². The van der Waals surface area contributed by atoms with E-state index in [0.29, 0.717) is 0 Å². The van der Waals surface area contributed by atoms with E-state index in [0.717, 1.165) is 6.08 Å². The number of allylic oxidation sites excluding steroid dienone is 1. The Morgan fingerprint density at radius 1 is 2.08 bits per heavy atom. The molecule has 3 atom stereocenters. The molecule has 0 aromatic rings. The predicted molar refractivity (Wildman–Crippen MR) is 48.1 cm³/mol. The zero-order valence-corrected chi connectivity index (χ0v) is 6.82. The fourth-order valence-electron chi connectivity index (χ4n) is 0.831. The smallest absolute Gasteiger partial charge is 0.320 e. The Morgan fingerprint density at radius 3 is 3.38 bits per heavy atom. The van der Waals surface area contributed by atoms with E-state index in [-0.39, 0.29) is 18.0 Å². The summed E-state index contributed by atoms with van der Waals surface area (Å²) in [7, 11) is 0. The highest BCUT2D eigenvalue weighted by Gasteiger charge is 2.14. The van der Waals surface area contributed by atoms with Gasteiger partial charge in [-0.1, -0.05) is 18.2 Å². The molecule has 0 saturated heterocycles. The van der Waals surface area contributed by atoms with Gasteiger partial charge in [0.05, 0.1) is 10.2 Å². The Labute approximate surface area is 82.0 Å². The van der Waals surface area contributed by atoms with E-state index in [9.17, 15) is 9.90 Å². The second-order valence-corrected chi connectivity index (χ2v) is 2.63. The topological polar surface area (TPSA) is 83.5 Å². The summed E-state index contributed by atoms with van der Waals surface area (Å²) in [5, 5.41) is 18.1. The number of aliphatic hydroxyl groups is 1. The fraction of sp³-hybridized carbons (Fsp3) is 0.444. The van der Waals surface area contributed by atoms with Crippen molar-refractivity contribution < 1.29 is 20.5 Å². The first-order valence-electron chi connectivity index (χ1n) is 5.77. The molecule has 1 rings (SSSR count). The molecule has 0 bridgehead atoms. The molecule has 0 radical (unpaired) electrons. The summed E-state index contributed by atoms with van der Waals surface area (Å²) in [5.41, 5.74) is 5.27. The van der Waals surface area contributed by atoms with E-state index in [2.05, 4.69) is 0 Å². The fourth-order valence-corrected chi connectivity index (χ4v) is 0.831. The van der Waals surface area contributed by atoms with Gasteiger partial charge in [0.15, 0.2) is 0 Å². The van der Waals surface area contributed by atoms with Crippen LogP contribution in [0.15, 0.2) is 23.8 Å². The van der Waals surface area contributed by atoms with Gasteiger partial charge in [0, 0.05) is 1.37 Å². The van der Waals surface area contributed by atoms with Gasteiger partial charge in [-0.05, 0) is 18.4 Å². The number of rotatable bonds is 3. The summed E-state index contributed by atoms with van der Waals surface area (Å²) in [6.07, 6.45) is -3.35. The molecule has 0 aromatic carbocycles. The summed E-state index contributed by atoms with van der Waals surface area (Å²) in [6, 6.07) is -2.04. The summed E-state index contributed by atoms with van der Waals surface area (Å²) >= 11 is 0. The lowest BCUT2D eigenvalue weighted by Gasteiger charge is -2.12. The predicted octanol–water partition coefficient (Wildman–Crippen LogP) is 0.0356. The number of carboxylic acids is 1. The molecule has 0 amide bonds. The largest absolute Gasteiger partial charge is 0.480 e. The normalized spacial score (nSPS) is 41.1. The van der Waals surface area contributed by atoms with Gasteiger partial charge >= 0.3 is 5.97 Å². The third-order valence-corrected chi connectivity index (χ3v) is 1.53. The Bertz CT molecular complexity index is 405. The van der Waals surface area contributed by atoms with Gasteiger partial charge < -0.3 is 15.9 Å². The van der Waals surface area contributed by atoms with Crippen molar-refractivity contribution in [1.82, 2.24) is 0 Å². The molecule has 1 aliphatic carbocycles. The molecule has 1 aliphatic rings. The minimum atomic E-state index is -2.33. The molecule has 4 heteroatoms. The van der Waals surface area contributed by atoms with Crippen LogP contribution in [0.25, 0.3) is 0 Å². The van der Waals surface area contributed by atoms with Crippen molar-refractivity contribution in [2.45, 2.75) is 24.9 Å². The lowest BCUT2D eigenvalue weighted by Crippen LogP contribution is -2.30. The van der Waals surface area contributed by atoms with Crippen molar-refractivity contribution in [2.75, 3.05) is 0 Å². The van der Waals surface area contributed by atoms with Crippen LogP contribution in [0.1, 0.15) is 18.3 Å². The third-order valence-electron chi connectivity index (χ3n) is 1.53. The van der Waals surface area contributed by atoms with Crippen molar-refractivity contribution in [1.29, 1.82) is 0 Å². The number of aliphatic carboxylic acids is 1. The van der Waals surface area contributed by atoms with Gasteiger partial charge in [0.1, 0.15) is 6.04 Å². The molecular weight excluding hydrogens is 170 g/mol. The van der Waals surface area contributed by atoms with Gasteiger partial charge in [-0.15, -0.1) is 0 Å². The lowest BCUT2D eigenvalue weighted by atomic mass is 9.99. The Kier molecular flexibility index (Phi) is 1.80. The van der Waals surface area contributed by atoms with Crippen LogP contribution >= 0.6 is 0 Å². The second-order valence-electron chi connectivity index (χ2n) is 2.63. The van der Waals surface area contributed by atoms with Crippen LogP contribution in [0.5, 0.6) is 0 Å². The molecule has 0 saturated carbocycles. The molecule has 0 aromatic heterocycles. The number of nitrogens with two attached hydrogens (primary N) is 1. The summed E-state index contributed by atoms with van der Waals surface area (Å²) < 4.78 is 29.8. The molecule has 4 nitrogen and oxygen atoms in total. The average Bonchev–Trinajstić information content (AvgIpc) is 2.20. The maximum Gasteiger partial charge on any atom is 0.320 e. The first kappa shape index (κ1) is 5.57. The average molecular weight is 187 g/mol. The summed E-state index contributed by atoms with van der Waals surface area (Å²) in [5.74, 6) is -1.27. The molecule has 13 heavy (non-hydrogen) atoms. The highest BCUT2D eigenvalue weighted by atomic mass is 16.4. The van der Waals surface area contributed by atoms with Crippen molar-refractivity contribution in [3.8, 4) is 0 Å². The molecule has 0 spiro atoms. The zero-order valence-electron chi connectivity index (χ0n) is 10.8. The number of carboxylic acid groups (broad SMARTS) is 1.